The molecule has 1 amide bonds. The molecule has 0 bridgehead atoms. The second-order valence-electron chi connectivity index (χ2n) is 4.30. The van der Waals surface area contributed by atoms with Gasteiger partial charge in [0.15, 0.2) is 0 Å². The molecule has 1 N–H and O–H groups in total. The van der Waals surface area contributed by atoms with E-state index < -0.39 is 5.91 Å². The lowest BCUT2D eigenvalue weighted by molar-refractivity contribution is -0.112. The zero-order valence-electron chi connectivity index (χ0n) is 11.1. The van der Waals surface area contributed by atoms with Gasteiger partial charge in [-0.05, 0) is 70.6 Å². The third-order valence-electron chi connectivity index (χ3n) is 2.72. The molecule has 0 saturated carbocycles. The van der Waals surface area contributed by atoms with Crippen molar-refractivity contribution in [2.75, 3.05) is 5.32 Å². The average Bonchev–Trinajstić information content (AvgIpc) is 2.50. The van der Waals surface area contributed by atoms with Crippen molar-refractivity contribution in [1.29, 1.82) is 5.26 Å². The van der Waals surface area contributed by atoms with Gasteiger partial charge in [0.1, 0.15) is 11.6 Å². The number of hydrogen-bond donors (Lipinski definition) is 1. The van der Waals surface area contributed by atoms with Crippen LogP contribution in [0.1, 0.15) is 5.56 Å². The molecular formula is C16H9Cl2IN2O. The van der Waals surface area contributed by atoms with Crippen molar-refractivity contribution in [3.63, 3.8) is 0 Å². The first kappa shape index (κ1) is 16.8. The SMILES string of the molecule is N#C/C(=C\c1ccc(Cl)c(Cl)c1)C(=O)Nc1ccc(I)cc1. The summed E-state index contributed by atoms with van der Waals surface area (Å²) in [6.45, 7) is 0. The summed E-state index contributed by atoms with van der Waals surface area (Å²) in [5.74, 6) is -0.477. The number of benzene rings is 2. The largest absolute Gasteiger partial charge is 0.321 e. The van der Waals surface area contributed by atoms with Crippen molar-refractivity contribution in [3.05, 3.63) is 67.2 Å². The zero-order valence-corrected chi connectivity index (χ0v) is 14.8. The Balaban J connectivity index is 2.21. The molecule has 0 heterocycles. The minimum absolute atomic E-state index is 0.0167. The Morgan fingerprint density at radius 1 is 1.14 bits per heavy atom. The Morgan fingerprint density at radius 2 is 1.82 bits per heavy atom. The van der Waals surface area contributed by atoms with E-state index in [0.717, 1.165) is 3.57 Å². The van der Waals surface area contributed by atoms with E-state index in [9.17, 15) is 4.79 Å². The fraction of sp³-hybridized carbons (Fsp3) is 0. The Bertz CT molecular complexity index is 780. The second-order valence-corrected chi connectivity index (χ2v) is 6.36. The van der Waals surface area contributed by atoms with Crippen LogP contribution in [0, 0.1) is 14.9 Å². The van der Waals surface area contributed by atoms with E-state index in [1.165, 1.54) is 6.08 Å². The van der Waals surface area contributed by atoms with E-state index >= 15 is 0 Å². The Kier molecular flexibility index (Phi) is 5.83. The molecule has 0 aliphatic carbocycles. The number of nitrogens with one attached hydrogen (secondary N) is 1. The van der Waals surface area contributed by atoms with Gasteiger partial charge in [-0.3, -0.25) is 4.79 Å². The summed E-state index contributed by atoms with van der Waals surface area (Å²) in [5.41, 5.74) is 1.24. The van der Waals surface area contributed by atoms with Crippen LogP contribution >= 0.6 is 45.8 Å². The lowest BCUT2D eigenvalue weighted by Crippen LogP contribution is -2.13. The molecular weight excluding hydrogens is 434 g/mol. The smallest absolute Gasteiger partial charge is 0.266 e. The van der Waals surface area contributed by atoms with Crippen molar-refractivity contribution in [2.45, 2.75) is 0 Å². The van der Waals surface area contributed by atoms with Gasteiger partial charge < -0.3 is 5.32 Å². The maximum atomic E-state index is 12.1. The van der Waals surface area contributed by atoms with E-state index in [4.69, 9.17) is 28.5 Å². The minimum atomic E-state index is -0.477. The highest BCUT2D eigenvalue weighted by Gasteiger charge is 2.10. The summed E-state index contributed by atoms with van der Waals surface area (Å²) < 4.78 is 1.06. The van der Waals surface area contributed by atoms with Crippen molar-refractivity contribution in [2.24, 2.45) is 0 Å². The molecule has 0 aromatic heterocycles. The van der Waals surface area contributed by atoms with Gasteiger partial charge in [0.05, 0.1) is 10.0 Å². The van der Waals surface area contributed by atoms with E-state index in [1.54, 1.807) is 30.3 Å². The van der Waals surface area contributed by atoms with Crippen molar-refractivity contribution in [1.82, 2.24) is 0 Å². The van der Waals surface area contributed by atoms with Gasteiger partial charge in [-0.15, -0.1) is 0 Å². The quantitative estimate of drug-likeness (QED) is 0.406. The van der Waals surface area contributed by atoms with E-state index in [-0.39, 0.29) is 5.57 Å². The molecule has 2 aromatic rings. The van der Waals surface area contributed by atoms with E-state index in [1.807, 2.05) is 18.2 Å². The van der Waals surface area contributed by atoms with E-state index in [0.29, 0.717) is 21.3 Å². The second kappa shape index (κ2) is 7.63. The van der Waals surface area contributed by atoms with Crippen LogP contribution in [0.3, 0.4) is 0 Å². The fourth-order valence-corrected chi connectivity index (χ4v) is 2.32. The van der Waals surface area contributed by atoms with Crippen LogP contribution in [0.15, 0.2) is 48.0 Å². The van der Waals surface area contributed by atoms with Gasteiger partial charge in [0.2, 0.25) is 0 Å². The molecule has 22 heavy (non-hydrogen) atoms. The number of amides is 1. The topological polar surface area (TPSA) is 52.9 Å². The highest BCUT2D eigenvalue weighted by Crippen LogP contribution is 2.24. The molecule has 3 nitrogen and oxygen atoms in total. The highest BCUT2D eigenvalue weighted by molar-refractivity contribution is 14.1. The van der Waals surface area contributed by atoms with Gasteiger partial charge in [-0.25, -0.2) is 0 Å². The maximum Gasteiger partial charge on any atom is 0.266 e. The molecule has 0 fully saturated rings. The minimum Gasteiger partial charge on any atom is -0.321 e. The summed E-state index contributed by atoms with van der Waals surface area (Å²) in [6.07, 6.45) is 1.46. The number of rotatable bonds is 3. The normalized spacial score (nSPS) is 10.9. The molecule has 0 atom stereocenters. The molecule has 2 aromatic carbocycles. The molecule has 0 radical (unpaired) electrons. The summed E-state index contributed by atoms with van der Waals surface area (Å²) in [5, 5.41) is 12.6. The summed E-state index contributed by atoms with van der Waals surface area (Å²) in [6, 6.07) is 14.1. The van der Waals surface area contributed by atoms with Gasteiger partial charge in [0, 0.05) is 9.26 Å². The lowest BCUT2D eigenvalue weighted by atomic mass is 10.1. The van der Waals surface area contributed by atoms with Crippen LogP contribution in [0.2, 0.25) is 10.0 Å². The van der Waals surface area contributed by atoms with Crippen molar-refractivity contribution < 1.29 is 4.79 Å². The molecule has 0 spiro atoms. The summed E-state index contributed by atoms with van der Waals surface area (Å²) >= 11 is 13.9. The summed E-state index contributed by atoms with van der Waals surface area (Å²) in [4.78, 5) is 12.1. The first-order valence-electron chi connectivity index (χ1n) is 6.13. The number of nitrogens with zero attached hydrogens (tertiary/aromatic N) is 1. The predicted octanol–water partition coefficient (Wildman–Crippen LogP) is 5.14. The Labute approximate surface area is 151 Å². The summed E-state index contributed by atoms with van der Waals surface area (Å²) in [7, 11) is 0. The third-order valence-corrected chi connectivity index (χ3v) is 4.18. The number of anilines is 1. The molecule has 0 aliphatic heterocycles. The van der Waals surface area contributed by atoms with Crippen molar-refractivity contribution >= 4 is 63.5 Å². The van der Waals surface area contributed by atoms with Crippen LogP contribution in [0.5, 0.6) is 0 Å². The molecule has 0 aliphatic rings. The number of nitriles is 1. The van der Waals surface area contributed by atoms with E-state index in [2.05, 4.69) is 27.9 Å². The number of carbonyl (C=O) groups is 1. The predicted molar refractivity (Wildman–Crippen MR) is 97.8 cm³/mol. The maximum absolute atomic E-state index is 12.1. The molecule has 0 saturated heterocycles. The van der Waals surface area contributed by atoms with Gasteiger partial charge >= 0.3 is 0 Å². The van der Waals surface area contributed by atoms with Crippen LogP contribution in [-0.4, -0.2) is 5.91 Å². The third kappa shape index (κ3) is 4.47. The van der Waals surface area contributed by atoms with Crippen LogP contribution in [-0.2, 0) is 4.79 Å². The standard InChI is InChI=1S/C16H9Cl2IN2O/c17-14-6-1-10(8-15(14)18)7-11(9-20)16(22)21-13-4-2-12(19)3-5-13/h1-8H,(H,21,22)/b11-7+. The number of hydrogen-bond acceptors (Lipinski definition) is 2. The first-order chi connectivity index (χ1) is 10.5. The Morgan fingerprint density at radius 3 is 2.41 bits per heavy atom. The van der Waals surface area contributed by atoms with Gasteiger partial charge in [-0.2, -0.15) is 5.26 Å². The average molecular weight is 443 g/mol. The van der Waals surface area contributed by atoms with Crippen LogP contribution < -0.4 is 5.32 Å². The fourth-order valence-electron chi connectivity index (χ4n) is 1.65. The molecule has 110 valence electrons. The van der Waals surface area contributed by atoms with Crippen LogP contribution in [0.25, 0.3) is 6.08 Å². The lowest BCUT2D eigenvalue weighted by Gasteiger charge is -2.04. The molecule has 2 rings (SSSR count). The molecule has 0 unspecified atom stereocenters. The Hall–Kier alpha value is -1.55. The number of carbonyl (C=O) groups excluding carboxylic acids is 1. The molecule has 6 heteroatoms. The first-order valence-corrected chi connectivity index (χ1v) is 7.97. The van der Waals surface area contributed by atoms with Crippen LogP contribution in [0.4, 0.5) is 5.69 Å². The number of halogens is 3. The zero-order chi connectivity index (χ0) is 16.1. The highest BCUT2D eigenvalue weighted by atomic mass is 127. The van der Waals surface area contributed by atoms with Crippen molar-refractivity contribution in [3.8, 4) is 6.07 Å². The monoisotopic (exact) mass is 442 g/mol. The van der Waals surface area contributed by atoms with Gasteiger partial charge in [-0.1, -0.05) is 29.3 Å². The van der Waals surface area contributed by atoms with Gasteiger partial charge in [0.25, 0.3) is 5.91 Å².